The Kier molecular flexibility index (Phi) is 9.91. The number of hydrogen-bond acceptors (Lipinski definition) is 8. The van der Waals surface area contributed by atoms with Gasteiger partial charge in [0, 0.05) is 51.5 Å². The Bertz CT molecular complexity index is 1600. The van der Waals surface area contributed by atoms with Crippen molar-refractivity contribution in [3.05, 3.63) is 52.6 Å². The molecular weight excluding hydrogens is 638 g/mol. The lowest BCUT2D eigenvalue weighted by Crippen LogP contribution is -2.56. The number of nitrogens with zero attached hydrogens (tertiary/aromatic N) is 4. The van der Waals surface area contributed by atoms with Crippen LogP contribution in [0.4, 0.5) is 20.2 Å². The summed E-state index contributed by atoms with van der Waals surface area (Å²) < 4.78 is 12.2. The number of urea groups is 1. The molecule has 2 atom stereocenters. The van der Waals surface area contributed by atoms with Gasteiger partial charge in [0.25, 0.3) is 0 Å². The van der Waals surface area contributed by atoms with Gasteiger partial charge in [-0.25, -0.2) is 19.2 Å². The third kappa shape index (κ3) is 8.96. The number of carbonyl (C=O) groups is 3. The summed E-state index contributed by atoms with van der Waals surface area (Å²) in [7, 11) is 0. The molecule has 2 aliphatic carbocycles. The fraction of sp³-hybridized carbons (Fsp3) is 0.649. The van der Waals surface area contributed by atoms with Gasteiger partial charge in [0.2, 0.25) is 0 Å². The predicted octanol–water partition coefficient (Wildman–Crippen LogP) is 4.78. The highest BCUT2D eigenvalue weighted by Gasteiger charge is 2.55. The lowest BCUT2D eigenvalue weighted by atomic mass is 9.60. The summed E-state index contributed by atoms with van der Waals surface area (Å²) in [6.45, 7) is 16.1. The Balaban J connectivity index is 0.899. The quantitative estimate of drug-likeness (QED) is 0.359. The Hall–Kier alpha value is -4.13. The highest BCUT2D eigenvalue weighted by Crippen LogP contribution is 2.51. The molecule has 1 aromatic heterocycles. The van der Waals surface area contributed by atoms with Crippen LogP contribution in [0.1, 0.15) is 72.8 Å². The van der Waals surface area contributed by atoms with Gasteiger partial charge < -0.3 is 29.9 Å². The van der Waals surface area contributed by atoms with Crippen LogP contribution in [0.25, 0.3) is 5.69 Å². The van der Waals surface area contributed by atoms with E-state index in [9.17, 15) is 19.2 Å². The molecule has 0 radical (unpaired) electrons. The first-order chi connectivity index (χ1) is 23.5. The number of likely N-dealkylation sites (tertiary alicyclic amines) is 2. The van der Waals surface area contributed by atoms with Crippen molar-refractivity contribution in [2.45, 2.75) is 90.9 Å². The zero-order chi connectivity index (χ0) is 35.8. The first-order valence-corrected chi connectivity index (χ1v) is 18.0. The maximum atomic E-state index is 13.0. The van der Waals surface area contributed by atoms with Crippen molar-refractivity contribution in [3.8, 4) is 5.69 Å². The summed E-state index contributed by atoms with van der Waals surface area (Å²) in [5.74, 6) is 2.05. The largest absolute Gasteiger partial charge is 0.444 e. The second kappa shape index (κ2) is 13.9. The van der Waals surface area contributed by atoms with E-state index in [0.29, 0.717) is 43.1 Å². The molecule has 2 aliphatic heterocycles. The molecule has 4 fully saturated rings. The van der Waals surface area contributed by atoms with Crippen LogP contribution in [0.15, 0.2) is 41.3 Å². The number of nitrogens with one attached hydrogen (secondary N) is 3. The van der Waals surface area contributed by atoms with Gasteiger partial charge in [-0.2, -0.15) is 4.98 Å². The van der Waals surface area contributed by atoms with Crippen LogP contribution in [0, 0.1) is 23.2 Å². The monoisotopic (exact) mass is 691 g/mol. The third-order valence-electron chi connectivity index (χ3n) is 10.5. The number of fused-ring (bicyclic) bond motifs is 1. The molecule has 13 nitrogen and oxygen atoms in total. The van der Waals surface area contributed by atoms with E-state index in [1.165, 1.54) is 10.1 Å². The second-order valence-corrected chi connectivity index (χ2v) is 16.7. The van der Waals surface area contributed by atoms with Gasteiger partial charge in [-0.05, 0) is 121 Å². The van der Waals surface area contributed by atoms with E-state index < -0.39 is 16.9 Å². The van der Waals surface area contributed by atoms with Crippen molar-refractivity contribution in [1.29, 1.82) is 0 Å². The molecule has 4 amide bonds. The van der Waals surface area contributed by atoms with Crippen LogP contribution >= 0.6 is 0 Å². The average Bonchev–Trinajstić information content (AvgIpc) is 3.46. The van der Waals surface area contributed by atoms with Gasteiger partial charge in [-0.15, -0.1) is 0 Å². The van der Waals surface area contributed by atoms with Gasteiger partial charge in [-0.1, -0.05) is 12.1 Å². The Morgan fingerprint density at radius 3 is 2.12 bits per heavy atom. The number of carbonyl (C=O) groups excluding carboxylic acids is 3. The van der Waals surface area contributed by atoms with Crippen LogP contribution in [0.3, 0.4) is 0 Å². The minimum Gasteiger partial charge on any atom is -0.444 e. The number of aromatic nitrogens is 2. The van der Waals surface area contributed by atoms with Crippen LogP contribution in [-0.4, -0.2) is 94.1 Å². The zero-order valence-electron chi connectivity index (χ0n) is 30.3. The number of rotatable bonds is 8. The molecule has 2 aromatic rings. The summed E-state index contributed by atoms with van der Waals surface area (Å²) in [6.07, 6.45) is 5.35. The molecule has 3 heterocycles. The number of benzene rings is 1. The highest BCUT2D eigenvalue weighted by atomic mass is 16.6. The van der Waals surface area contributed by atoms with E-state index in [4.69, 9.17) is 9.47 Å². The Morgan fingerprint density at radius 1 is 0.900 bits per heavy atom. The number of alkyl carbamates (subject to hydrolysis) is 2. The molecule has 0 bridgehead atoms. The first-order valence-electron chi connectivity index (χ1n) is 18.0. The molecule has 2 saturated carbocycles. The standard InChI is InChI=1S/C37H53N7O6/c1-35(2,3)49-33(47)38-21-27-28-22-42(23-29(27)28)15-11-24-7-9-26(10-8-24)44-16-12-30(41-32(44)46)40-31(45)43-17-13-37(14-18-43)19-25(20-37)39-34(48)50-36(4,5)6/h7-10,12,16,25,27-29H,11,13-15,17-23H2,1-6H3,(H,38,47)(H,39,48)(H,40,41,45,46). The van der Waals surface area contributed by atoms with Crippen molar-refractivity contribution < 1.29 is 23.9 Å². The van der Waals surface area contributed by atoms with E-state index >= 15 is 0 Å². The maximum Gasteiger partial charge on any atom is 0.407 e. The first kappa shape index (κ1) is 35.7. The van der Waals surface area contributed by atoms with E-state index in [1.54, 1.807) is 17.2 Å². The van der Waals surface area contributed by atoms with Gasteiger partial charge in [-0.3, -0.25) is 9.88 Å². The fourth-order valence-electron chi connectivity index (χ4n) is 7.86. The topological polar surface area (TPSA) is 147 Å². The van der Waals surface area contributed by atoms with Gasteiger partial charge in [0.1, 0.15) is 17.0 Å². The number of hydrogen-bond donors (Lipinski definition) is 3. The number of ether oxygens (including phenoxy) is 2. The molecule has 1 spiro atoms. The van der Waals surface area contributed by atoms with E-state index in [1.807, 2.05) is 65.8 Å². The fourth-order valence-corrected chi connectivity index (χ4v) is 7.86. The lowest BCUT2D eigenvalue weighted by molar-refractivity contribution is 0.00634. The molecule has 50 heavy (non-hydrogen) atoms. The predicted molar refractivity (Wildman–Crippen MR) is 189 cm³/mol. The van der Waals surface area contributed by atoms with Crippen LogP contribution in [0.5, 0.6) is 0 Å². The molecule has 13 heteroatoms. The van der Waals surface area contributed by atoms with Crippen LogP contribution < -0.4 is 21.6 Å². The molecule has 6 rings (SSSR count). The van der Waals surface area contributed by atoms with Crippen molar-refractivity contribution in [2.75, 3.05) is 44.6 Å². The number of anilines is 1. The molecule has 2 saturated heterocycles. The highest BCUT2D eigenvalue weighted by molar-refractivity contribution is 5.88. The minimum atomic E-state index is -0.524. The van der Waals surface area contributed by atoms with Crippen molar-refractivity contribution >= 4 is 24.0 Å². The molecule has 2 unspecified atom stereocenters. The van der Waals surface area contributed by atoms with E-state index in [2.05, 4.69) is 25.8 Å². The number of piperidine rings is 2. The third-order valence-corrected chi connectivity index (χ3v) is 10.5. The molecule has 1 aromatic carbocycles. The van der Waals surface area contributed by atoms with E-state index in [-0.39, 0.29) is 35.5 Å². The van der Waals surface area contributed by atoms with Crippen LogP contribution in [0.2, 0.25) is 0 Å². The molecular formula is C37H53N7O6. The smallest absolute Gasteiger partial charge is 0.407 e. The van der Waals surface area contributed by atoms with Crippen molar-refractivity contribution in [3.63, 3.8) is 0 Å². The van der Waals surface area contributed by atoms with Crippen molar-refractivity contribution in [2.24, 2.45) is 23.2 Å². The van der Waals surface area contributed by atoms with Gasteiger partial charge in [0.05, 0.1) is 5.69 Å². The lowest BCUT2D eigenvalue weighted by Gasteiger charge is -2.52. The summed E-state index contributed by atoms with van der Waals surface area (Å²) in [4.78, 5) is 58.3. The summed E-state index contributed by atoms with van der Waals surface area (Å²) in [5.41, 5.74) is 0.589. The van der Waals surface area contributed by atoms with Gasteiger partial charge in [0.15, 0.2) is 0 Å². The summed E-state index contributed by atoms with van der Waals surface area (Å²) in [6, 6.07) is 9.43. The number of amides is 4. The Labute approximate surface area is 294 Å². The molecule has 272 valence electrons. The molecule has 3 N–H and O–H groups in total. The minimum absolute atomic E-state index is 0.106. The summed E-state index contributed by atoms with van der Waals surface area (Å²) in [5, 5.41) is 8.67. The van der Waals surface area contributed by atoms with Gasteiger partial charge >= 0.3 is 23.9 Å². The average molecular weight is 692 g/mol. The SMILES string of the molecule is CC(C)(C)OC(=O)NCC1C2CN(CCc3ccc(-n4ccc(NC(=O)N5CCC6(CC5)CC(NC(=O)OC(C)(C)C)C6)nc4=O)cc3)CC12. The second-order valence-electron chi connectivity index (χ2n) is 16.7. The Morgan fingerprint density at radius 2 is 1.52 bits per heavy atom. The molecule has 4 aliphatic rings. The van der Waals surface area contributed by atoms with Crippen LogP contribution in [-0.2, 0) is 15.9 Å². The zero-order valence-corrected chi connectivity index (χ0v) is 30.3. The van der Waals surface area contributed by atoms with Crippen molar-refractivity contribution in [1.82, 2.24) is 30.0 Å². The van der Waals surface area contributed by atoms with E-state index in [0.717, 1.165) is 51.7 Å². The normalized spacial score (nSPS) is 23.1. The maximum absolute atomic E-state index is 13.0. The summed E-state index contributed by atoms with van der Waals surface area (Å²) >= 11 is 0.